The molecular formula is C22H20N2O3. The Kier molecular flexibility index (Phi) is 4.15. The molecule has 0 fully saturated rings. The van der Waals surface area contributed by atoms with Crippen molar-refractivity contribution in [3.63, 3.8) is 0 Å². The molecule has 1 aliphatic rings. The molecule has 0 bridgehead atoms. The Balaban J connectivity index is 2.10. The summed E-state index contributed by atoms with van der Waals surface area (Å²) in [6.45, 7) is 3.82. The number of hydrogen-bond acceptors (Lipinski definition) is 4. The van der Waals surface area contributed by atoms with E-state index < -0.39 is 5.92 Å². The summed E-state index contributed by atoms with van der Waals surface area (Å²) >= 11 is 0. The summed E-state index contributed by atoms with van der Waals surface area (Å²) in [7, 11) is 1.58. The molecule has 2 aromatic carbocycles. The SMILES string of the molecule is CCC1C(=O)c2cnc3c(OC)cccc3c2N(c2ccccc2C)C1=O. The molecule has 27 heavy (non-hydrogen) atoms. The van der Waals surface area contributed by atoms with Gasteiger partial charge in [0.25, 0.3) is 0 Å². The number of aryl methyl sites for hydroxylation is 1. The monoisotopic (exact) mass is 360 g/mol. The number of ether oxygens (including phenoxy) is 1. The van der Waals surface area contributed by atoms with E-state index in [-0.39, 0.29) is 11.7 Å². The molecule has 0 N–H and O–H groups in total. The number of aromatic nitrogens is 1. The van der Waals surface area contributed by atoms with Crippen molar-refractivity contribution in [3.8, 4) is 5.75 Å². The fourth-order valence-electron chi connectivity index (χ4n) is 3.75. The van der Waals surface area contributed by atoms with Crippen molar-refractivity contribution in [2.24, 2.45) is 5.92 Å². The van der Waals surface area contributed by atoms with Gasteiger partial charge in [-0.15, -0.1) is 0 Å². The molecule has 0 saturated carbocycles. The van der Waals surface area contributed by atoms with Gasteiger partial charge in [0.1, 0.15) is 17.2 Å². The zero-order valence-corrected chi connectivity index (χ0v) is 15.5. The summed E-state index contributed by atoms with van der Waals surface area (Å²) in [6.07, 6.45) is 2.03. The minimum absolute atomic E-state index is 0.167. The zero-order valence-electron chi connectivity index (χ0n) is 15.5. The minimum Gasteiger partial charge on any atom is -0.494 e. The van der Waals surface area contributed by atoms with Crippen molar-refractivity contribution < 1.29 is 14.3 Å². The van der Waals surface area contributed by atoms with E-state index >= 15 is 0 Å². The third kappa shape index (κ3) is 2.50. The number of pyridine rings is 1. The Labute approximate surface area is 157 Å². The third-order valence-electron chi connectivity index (χ3n) is 5.14. The van der Waals surface area contributed by atoms with Crippen LogP contribution in [0.5, 0.6) is 5.75 Å². The first-order chi connectivity index (χ1) is 13.1. The highest BCUT2D eigenvalue weighted by Gasteiger charge is 2.40. The second-order valence-electron chi connectivity index (χ2n) is 6.66. The van der Waals surface area contributed by atoms with Crippen LogP contribution in [-0.4, -0.2) is 23.8 Å². The number of carbonyl (C=O) groups is 2. The van der Waals surface area contributed by atoms with E-state index in [1.165, 1.54) is 0 Å². The number of ketones is 1. The largest absolute Gasteiger partial charge is 0.494 e. The number of anilines is 2. The van der Waals surface area contributed by atoms with E-state index in [4.69, 9.17) is 4.74 Å². The van der Waals surface area contributed by atoms with Crippen LogP contribution in [0, 0.1) is 12.8 Å². The van der Waals surface area contributed by atoms with Gasteiger partial charge in [-0.1, -0.05) is 37.3 Å². The van der Waals surface area contributed by atoms with Crippen molar-refractivity contribution in [2.45, 2.75) is 20.3 Å². The van der Waals surface area contributed by atoms with Crippen molar-refractivity contribution in [1.29, 1.82) is 0 Å². The van der Waals surface area contributed by atoms with Gasteiger partial charge in [0.2, 0.25) is 5.91 Å². The Morgan fingerprint density at radius 1 is 1.11 bits per heavy atom. The molecule has 0 saturated heterocycles. The summed E-state index contributed by atoms with van der Waals surface area (Å²) in [5, 5.41) is 0.728. The number of rotatable bonds is 3. The highest BCUT2D eigenvalue weighted by Crippen LogP contribution is 2.43. The van der Waals surface area contributed by atoms with Gasteiger partial charge in [0.15, 0.2) is 5.78 Å². The summed E-state index contributed by atoms with van der Waals surface area (Å²) < 4.78 is 5.43. The van der Waals surface area contributed by atoms with Gasteiger partial charge in [-0.2, -0.15) is 0 Å². The van der Waals surface area contributed by atoms with Crippen molar-refractivity contribution in [2.75, 3.05) is 12.0 Å². The maximum Gasteiger partial charge on any atom is 0.242 e. The zero-order chi connectivity index (χ0) is 19.1. The Morgan fingerprint density at radius 3 is 2.59 bits per heavy atom. The normalized spacial score (nSPS) is 16.6. The number of para-hydroxylation sites is 2. The van der Waals surface area contributed by atoms with Crippen LogP contribution in [0.15, 0.2) is 48.7 Å². The average molecular weight is 360 g/mol. The van der Waals surface area contributed by atoms with Crippen molar-refractivity contribution in [3.05, 3.63) is 59.8 Å². The molecule has 1 amide bonds. The molecular weight excluding hydrogens is 340 g/mol. The lowest BCUT2D eigenvalue weighted by molar-refractivity contribution is -0.120. The first kappa shape index (κ1) is 17.2. The van der Waals surface area contributed by atoms with Crippen LogP contribution < -0.4 is 9.64 Å². The van der Waals surface area contributed by atoms with Gasteiger partial charge in [0, 0.05) is 11.6 Å². The number of carbonyl (C=O) groups excluding carboxylic acids is 2. The van der Waals surface area contributed by atoms with E-state index in [0.29, 0.717) is 28.9 Å². The van der Waals surface area contributed by atoms with Gasteiger partial charge < -0.3 is 4.74 Å². The molecule has 136 valence electrons. The number of methoxy groups -OCH3 is 1. The van der Waals surface area contributed by atoms with Crippen molar-refractivity contribution in [1.82, 2.24) is 4.98 Å². The molecule has 4 rings (SSSR count). The fraction of sp³-hybridized carbons (Fsp3) is 0.227. The second kappa shape index (κ2) is 6.50. The first-order valence-corrected chi connectivity index (χ1v) is 8.98. The summed E-state index contributed by atoms with van der Waals surface area (Å²) in [4.78, 5) is 32.5. The number of fused-ring (bicyclic) bond motifs is 3. The Morgan fingerprint density at radius 2 is 1.89 bits per heavy atom. The van der Waals surface area contributed by atoms with E-state index in [2.05, 4.69) is 4.98 Å². The quantitative estimate of drug-likeness (QED) is 0.648. The lowest BCUT2D eigenvalue weighted by Gasteiger charge is -2.34. The highest BCUT2D eigenvalue weighted by atomic mass is 16.5. The van der Waals surface area contributed by atoms with E-state index in [9.17, 15) is 9.59 Å². The summed E-state index contributed by atoms with van der Waals surface area (Å²) in [6, 6.07) is 13.2. The summed E-state index contributed by atoms with van der Waals surface area (Å²) in [5.41, 5.74) is 3.45. The number of nitrogens with zero attached hydrogens (tertiary/aromatic N) is 2. The van der Waals surface area contributed by atoms with E-state index in [1.54, 1.807) is 18.2 Å². The smallest absolute Gasteiger partial charge is 0.242 e. The maximum absolute atomic E-state index is 13.3. The van der Waals surface area contributed by atoms with Gasteiger partial charge in [-0.05, 0) is 31.0 Å². The number of Topliss-reactive ketones (excluding diaryl/α,β-unsaturated/α-hetero) is 1. The molecule has 0 aliphatic carbocycles. The summed E-state index contributed by atoms with van der Waals surface area (Å²) in [5.74, 6) is -0.446. The standard InChI is InChI=1S/C22H20N2O3/c1-4-14-21(25)16-12-23-19-15(9-7-11-18(19)27-3)20(16)24(22(14)26)17-10-6-5-8-13(17)2/h5-12,14H,4H2,1-3H3. The third-order valence-corrected chi connectivity index (χ3v) is 5.14. The van der Waals surface area contributed by atoms with Gasteiger partial charge in [0.05, 0.1) is 24.0 Å². The molecule has 5 nitrogen and oxygen atoms in total. The predicted molar refractivity (Wildman–Crippen MR) is 105 cm³/mol. The van der Waals surface area contributed by atoms with Crippen molar-refractivity contribution >= 4 is 34.0 Å². The van der Waals surface area contributed by atoms with Crippen LogP contribution >= 0.6 is 0 Å². The highest BCUT2D eigenvalue weighted by molar-refractivity contribution is 6.27. The van der Waals surface area contributed by atoms with Gasteiger partial charge in [-0.3, -0.25) is 19.5 Å². The number of benzene rings is 2. The van der Waals surface area contributed by atoms with Crippen LogP contribution in [0.3, 0.4) is 0 Å². The number of hydrogen-bond donors (Lipinski definition) is 0. The molecule has 5 heteroatoms. The molecule has 1 aromatic heterocycles. The van der Waals surface area contributed by atoms with E-state index in [1.807, 2.05) is 56.3 Å². The van der Waals surface area contributed by atoms with Crippen LogP contribution in [0.1, 0.15) is 29.3 Å². The van der Waals surface area contributed by atoms with Crippen LogP contribution in [0.4, 0.5) is 11.4 Å². The Hall–Kier alpha value is -3.21. The first-order valence-electron chi connectivity index (χ1n) is 8.98. The molecule has 3 aromatic rings. The fourth-order valence-corrected chi connectivity index (χ4v) is 3.75. The average Bonchev–Trinajstić information content (AvgIpc) is 2.69. The van der Waals surface area contributed by atoms with Crippen LogP contribution in [0.25, 0.3) is 10.9 Å². The maximum atomic E-state index is 13.3. The molecule has 0 spiro atoms. The lowest BCUT2D eigenvalue weighted by Crippen LogP contribution is -2.42. The predicted octanol–water partition coefficient (Wildman–Crippen LogP) is 4.44. The molecule has 2 heterocycles. The van der Waals surface area contributed by atoms with Gasteiger partial charge in [-0.25, -0.2) is 0 Å². The van der Waals surface area contributed by atoms with Crippen LogP contribution in [-0.2, 0) is 4.79 Å². The molecule has 0 radical (unpaired) electrons. The van der Waals surface area contributed by atoms with E-state index in [0.717, 1.165) is 16.6 Å². The van der Waals surface area contributed by atoms with Gasteiger partial charge >= 0.3 is 0 Å². The molecule has 1 atom stereocenters. The molecule has 1 aliphatic heterocycles. The lowest BCUT2D eigenvalue weighted by atomic mass is 9.87. The number of amides is 1. The topological polar surface area (TPSA) is 59.5 Å². The molecule has 1 unspecified atom stereocenters. The second-order valence-corrected chi connectivity index (χ2v) is 6.66. The minimum atomic E-state index is -0.693. The van der Waals surface area contributed by atoms with Crippen LogP contribution in [0.2, 0.25) is 0 Å². The Bertz CT molecular complexity index is 1070.